The molecule has 1 aromatic rings. The molecule has 0 saturated carbocycles. The highest BCUT2D eigenvalue weighted by Gasteiger charge is 2.32. The summed E-state index contributed by atoms with van der Waals surface area (Å²) in [5.74, 6) is -0.288. The van der Waals surface area contributed by atoms with Crippen molar-refractivity contribution >= 4 is 17.8 Å². The first kappa shape index (κ1) is 15.3. The van der Waals surface area contributed by atoms with Crippen LogP contribution >= 0.6 is 0 Å². The third kappa shape index (κ3) is 3.15. The van der Waals surface area contributed by atoms with Crippen LogP contribution in [0.15, 0.2) is 12.1 Å². The van der Waals surface area contributed by atoms with Crippen molar-refractivity contribution in [2.75, 3.05) is 18.6 Å². The third-order valence-corrected chi connectivity index (χ3v) is 3.92. The van der Waals surface area contributed by atoms with Gasteiger partial charge in [-0.25, -0.2) is 14.6 Å². The van der Waals surface area contributed by atoms with Crippen molar-refractivity contribution in [3.05, 3.63) is 23.4 Å². The van der Waals surface area contributed by atoms with E-state index in [1.807, 2.05) is 0 Å². The Kier molecular flexibility index (Phi) is 4.45. The highest BCUT2D eigenvalue weighted by Crippen LogP contribution is 2.27. The number of hydrogen-bond donors (Lipinski definition) is 1. The van der Waals surface area contributed by atoms with Crippen LogP contribution in [-0.4, -0.2) is 41.7 Å². The molecule has 21 heavy (non-hydrogen) atoms. The second kappa shape index (κ2) is 6.11. The third-order valence-electron chi connectivity index (χ3n) is 3.92. The van der Waals surface area contributed by atoms with E-state index in [1.165, 1.54) is 7.11 Å². The molecule has 0 radical (unpaired) electrons. The van der Waals surface area contributed by atoms with Crippen LogP contribution in [0.2, 0.25) is 0 Å². The molecule has 1 aliphatic rings. The van der Waals surface area contributed by atoms with Gasteiger partial charge in [-0.2, -0.15) is 0 Å². The van der Waals surface area contributed by atoms with E-state index in [1.54, 1.807) is 24.0 Å². The van der Waals surface area contributed by atoms with Crippen LogP contribution in [0.1, 0.15) is 35.8 Å². The van der Waals surface area contributed by atoms with E-state index >= 15 is 0 Å². The predicted molar refractivity (Wildman–Crippen MR) is 77.5 cm³/mol. The number of pyridine rings is 1. The van der Waals surface area contributed by atoms with Crippen molar-refractivity contribution in [3.8, 4) is 0 Å². The lowest BCUT2D eigenvalue weighted by atomic mass is 9.92. The number of aryl methyl sites for hydroxylation is 1. The number of piperidine rings is 1. The van der Waals surface area contributed by atoms with E-state index in [0.717, 1.165) is 6.42 Å². The minimum absolute atomic E-state index is 0.387. The standard InChI is InChI=1S/C15H20N2O4/c1-9-6-7-17(12(8-9)14(18)19)13-5-4-11(10(2)16-13)15(20)21-3/h4-5,9,12H,6-8H2,1-3H3,(H,18,19). The fourth-order valence-corrected chi connectivity index (χ4v) is 2.68. The van der Waals surface area contributed by atoms with Gasteiger partial charge in [0.25, 0.3) is 0 Å². The molecule has 2 unspecified atom stereocenters. The molecule has 114 valence electrons. The van der Waals surface area contributed by atoms with Crippen LogP contribution in [0.3, 0.4) is 0 Å². The van der Waals surface area contributed by atoms with Gasteiger partial charge in [0, 0.05) is 6.54 Å². The Morgan fingerprint density at radius 2 is 2.14 bits per heavy atom. The maximum atomic E-state index is 11.6. The number of aromatic nitrogens is 1. The second-order valence-electron chi connectivity index (χ2n) is 5.47. The molecule has 1 fully saturated rings. The van der Waals surface area contributed by atoms with Crippen molar-refractivity contribution in [1.29, 1.82) is 0 Å². The zero-order valence-electron chi connectivity index (χ0n) is 12.5. The average molecular weight is 292 g/mol. The Bertz CT molecular complexity index is 559. The SMILES string of the molecule is COC(=O)c1ccc(N2CCC(C)CC2C(=O)O)nc1C. The molecule has 0 aromatic carbocycles. The summed E-state index contributed by atoms with van der Waals surface area (Å²) < 4.78 is 4.69. The second-order valence-corrected chi connectivity index (χ2v) is 5.47. The number of aliphatic carboxylic acids is 1. The number of anilines is 1. The summed E-state index contributed by atoms with van der Waals surface area (Å²) in [5.41, 5.74) is 0.945. The Labute approximate surface area is 123 Å². The van der Waals surface area contributed by atoms with Gasteiger partial charge in [0.1, 0.15) is 11.9 Å². The van der Waals surface area contributed by atoms with E-state index in [9.17, 15) is 14.7 Å². The Morgan fingerprint density at radius 3 is 2.71 bits per heavy atom. The number of carboxylic acids is 1. The van der Waals surface area contributed by atoms with Gasteiger partial charge < -0.3 is 14.7 Å². The number of carbonyl (C=O) groups excluding carboxylic acids is 1. The van der Waals surface area contributed by atoms with E-state index < -0.39 is 18.0 Å². The number of esters is 1. The van der Waals surface area contributed by atoms with Crippen molar-refractivity contribution in [1.82, 2.24) is 4.98 Å². The molecule has 6 nitrogen and oxygen atoms in total. The van der Waals surface area contributed by atoms with Crippen molar-refractivity contribution in [2.24, 2.45) is 5.92 Å². The first-order valence-electron chi connectivity index (χ1n) is 6.99. The highest BCUT2D eigenvalue weighted by atomic mass is 16.5. The molecular formula is C15H20N2O4. The quantitative estimate of drug-likeness (QED) is 0.857. The molecule has 0 bridgehead atoms. The number of methoxy groups -OCH3 is 1. The van der Waals surface area contributed by atoms with Crippen molar-refractivity contribution in [3.63, 3.8) is 0 Å². The van der Waals surface area contributed by atoms with E-state index in [2.05, 4.69) is 16.6 Å². The molecule has 2 atom stereocenters. The fraction of sp³-hybridized carbons (Fsp3) is 0.533. The van der Waals surface area contributed by atoms with Crippen LogP contribution in [-0.2, 0) is 9.53 Å². The maximum Gasteiger partial charge on any atom is 0.339 e. The van der Waals surface area contributed by atoms with Crippen LogP contribution in [0, 0.1) is 12.8 Å². The van der Waals surface area contributed by atoms with E-state index in [-0.39, 0.29) is 0 Å². The van der Waals surface area contributed by atoms with Gasteiger partial charge in [-0.1, -0.05) is 6.92 Å². The van der Waals surface area contributed by atoms with Crippen LogP contribution < -0.4 is 4.90 Å². The monoisotopic (exact) mass is 292 g/mol. The average Bonchev–Trinajstić information content (AvgIpc) is 2.46. The summed E-state index contributed by atoms with van der Waals surface area (Å²) in [4.78, 5) is 29.2. The normalized spacial score (nSPS) is 22.0. The van der Waals surface area contributed by atoms with E-state index in [4.69, 9.17) is 0 Å². The number of rotatable bonds is 3. The number of hydrogen-bond acceptors (Lipinski definition) is 5. The lowest BCUT2D eigenvalue weighted by Crippen LogP contribution is -2.47. The zero-order valence-corrected chi connectivity index (χ0v) is 12.5. The molecule has 1 aromatic heterocycles. The van der Waals surface area contributed by atoms with Gasteiger partial charge in [0.05, 0.1) is 18.4 Å². The largest absolute Gasteiger partial charge is 0.480 e. The number of carboxylic acid groups (broad SMARTS) is 1. The Hall–Kier alpha value is -2.11. The first-order valence-corrected chi connectivity index (χ1v) is 6.99. The van der Waals surface area contributed by atoms with Gasteiger partial charge >= 0.3 is 11.9 Å². The molecule has 2 rings (SSSR count). The van der Waals surface area contributed by atoms with E-state index in [0.29, 0.717) is 36.0 Å². The molecular weight excluding hydrogens is 272 g/mol. The summed E-state index contributed by atoms with van der Waals surface area (Å²) in [6.07, 6.45) is 1.54. The van der Waals surface area contributed by atoms with Gasteiger partial charge in [0.15, 0.2) is 0 Å². The topological polar surface area (TPSA) is 79.7 Å². The lowest BCUT2D eigenvalue weighted by Gasteiger charge is -2.37. The number of nitrogens with zero attached hydrogens (tertiary/aromatic N) is 2. The van der Waals surface area contributed by atoms with Gasteiger partial charge in [0.2, 0.25) is 0 Å². The van der Waals surface area contributed by atoms with Gasteiger partial charge in [-0.3, -0.25) is 0 Å². The minimum atomic E-state index is -0.835. The first-order chi connectivity index (χ1) is 9.93. The lowest BCUT2D eigenvalue weighted by molar-refractivity contribution is -0.139. The van der Waals surface area contributed by atoms with Gasteiger partial charge in [-0.15, -0.1) is 0 Å². The zero-order chi connectivity index (χ0) is 15.6. The fourth-order valence-electron chi connectivity index (χ4n) is 2.68. The highest BCUT2D eigenvalue weighted by molar-refractivity contribution is 5.90. The maximum absolute atomic E-state index is 11.6. The molecule has 0 spiro atoms. The summed E-state index contributed by atoms with van der Waals surface area (Å²) in [5, 5.41) is 9.39. The number of ether oxygens (including phenoxy) is 1. The summed E-state index contributed by atoms with van der Waals surface area (Å²) in [6.45, 7) is 4.44. The Morgan fingerprint density at radius 1 is 1.43 bits per heavy atom. The molecule has 2 heterocycles. The minimum Gasteiger partial charge on any atom is -0.480 e. The van der Waals surface area contributed by atoms with Crippen LogP contribution in [0.5, 0.6) is 0 Å². The smallest absolute Gasteiger partial charge is 0.339 e. The Balaban J connectivity index is 2.30. The van der Waals surface area contributed by atoms with Crippen LogP contribution in [0.4, 0.5) is 5.82 Å². The predicted octanol–water partition coefficient (Wildman–Crippen LogP) is 1.87. The molecule has 0 aliphatic carbocycles. The summed E-state index contributed by atoms with van der Waals surface area (Å²) in [7, 11) is 1.32. The molecule has 6 heteroatoms. The van der Waals surface area contributed by atoms with Crippen molar-refractivity contribution in [2.45, 2.75) is 32.7 Å². The molecule has 1 N–H and O–H groups in total. The molecule has 0 amide bonds. The number of carbonyl (C=O) groups is 2. The summed E-state index contributed by atoms with van der Waals surface area (Å²) >= 11 is 0. The van der Waals surface area contributed by atoms with Crippen molar-refractivity contribution < 1.29 is 19.4 Å². The van der Waals surface area contributed by atoms with Crippen LogP contribution in [0.25, 0.3) is 0 Å². The van der Waals surface area contributed by atoms with Gasteiger partial charge in [-0.05, 0) is 37.8 Å². The molecule has 1 saturated heterocycles. The summed E-state index contributed by atoms with van der Waals surface area (Å²) in [6, 6.07) is 2.76. The molecule has 1 aliphatic heterocycles.